The number of hydrogen-bond donors (Lipinski definition) is 1. The molecule has 2 aromatic rings. The van der Waals surface area contributed by atoms with E-state index in [9.17, 15) is 9.18 Å². The number of halogens is 1. The fourth-order valence-corrected chi connectivity index (χ4v) is 3.69. The molecule has 0 saturated carbocycles. The molecule has 1 aliphatic rings. The summed E-state index contributed by atoms with van der Waals surface area (Å²) in [6.45, 7) is 8.10. The van der Waals surface area contributed by atoms with E-state index in [-0.39, 0.29) is 17.8 Å². The molecule has 150 valence electrons. The summed E-state index contributed by atoms with van der Waals surface area (Å²) in [6, 6.07) is 16.9. The van der Waals surface area contributed by atoms with Gasteiger partial charge in [0.05, 0.1) is 12.6 Å². The molecule has 1 fully saturated rings. The number of nitrogens with one attached hydrogen (secondary N) is 1. The predicted octanol–water partition coefficient (Wildman–Crippen LogP) is 3.85. The minimum atomic E-state index is -0.214. The first kappa shape index (κ1) is 20.3. The Morgan fingerprint density at radius 1 is 1.00 bits per heavy atom. The Kier molecular flexibility index (Phi) is 7.04. The highest BCUT2D eigenvalue weighted by Crippen LogP contribution is 2.21. The average molecular weight is 384 g/mol. The van der Waals surface area contributed by atoms with E-state index in [1.54, 1.807) is 0 Å². The molecule has 0 aromatic heterocycles. The van der Waals surface area contributed by atoms with E-state index in [0.717, 1.165) is 43.9 Å². The van der Waals surface area contributed by atoms with Crippen LogP contribution in [0, 0.1) is 11.7 Å². The molecule has 1 heterocycles. The summed E-state index contributed by atoms with van der Waals surface area (Å²) in [5.74, 6) is 0.364. The molecule has 3 rings (SSSR count). The summed E-state index contributed by atoms with van der Waals surface area (Å²) < 4.78 is 13.1. The van der Waals surface area contributed by atoms with Gasteiger partial charge in [0, 0.05) is 31.9 Å². The zero-order valence-corrected chi connectivity index (χ0v) is 16.8. The lowest BCUT2D eigenvalue weighted by molar-refractivity contribution is -0.123. The minimum absolute atomic E-state index is 0.0502. The van der Waals surface area contributed by atoms with Crippen LogP contribution in [0.5, 0.6) is 0 Å². The second kappa shape index (κ2) is 9.69. The Balaban J connectivity index is 1.51. The van der Waals surface area contributed by atoms with Crippen molar-refractivity contribution in [2.45, 2.75) is 26.3 Å². The Morgan fingerprint density at radius 2 is 1.64 bits per heavy atom. The highest BCUT2D eigenvalue weighted by molar-refractivity contribution is 5.78. The molecule has 1 N–H and O–H groups in total. The third-order valence-corrected chi connectivity index (χ3v) is 5.18. The van der Waals surface area contributed by atoms with Crippen LogP contribution in [0.3, 0.4) is 0 Å². The van der Waals surface area contributed by atoms with Crippen molar-refractivity contribution in [3.05, 3.63) is 66.0 Å². The zero-order valence-electron chi connectivity index (χ0n) is 16.8. The molecule has 5 heteroatoms. The fraction of sp³-hybridized carbons (Fsp3) is 0.435. The smallest absolute Gasteiger partial charge is 0.234 e. The van der Waals surface area contributed by atoms with E-state index < -0.39 is 0 Å². The monoisotopic (exact) mass is 383 g/mol. The molecule has 0 spiro atoms. The van der Waals surface area contributed by atoms with Crippen LogP contribution in [0.2, 0.25) is 0 Å². The average Bonchev–Trinajstić information content (AvgIpc) is 2.69. The third kappa shape index (κ3) is 5.80. The summed E-state index contributed by atoms with van der Waals surface area (Å²) in [7, 11) is 0. The van der Waals surface area contributed by atoms with Gasteiger partial charge < -0.3 is 10.2 Å². The summed E-state index contributed by atoms with van der Waals surface area (Å²) >= 11 is 0. The Bertz CT molecular complexity index is 740. The molecule has 0 radical (unpaired) electrons. The van der Waals surface area contributed by atoms with Crippen LogP contribution in [-0.2, 0) is 4.79 Å². The van der Waals surface area contributed by atoms with Crippen LogP contribution in [0.1, 0.15) is 31.9 Å². The van der Waals surface area contributed by atoms with Crippen molar-refractivity contribution in [3.8, 4) is 0 Å². The van der Waals surface area contributed by atoms with Gasteiger partial charge in [0.25, 0.3) is 0 Å². The van der Waals surface area contributed by atoms with Crippen molar-refractivity contribution < 1.29 is 9.18 Å². The quantitative estimate of drug-likeness (QED) is 0.789. The number of piperazine rings is 1. The highest BCUT2D eigenvalue weighted by Gasteiger charge is 2.21. The van der Waals surface area contributed by atoms with Crippen LogP contribution >= 0.6 is 0 Å². The van der Waals surface area contributed by atoms with E-state index in [1.165, 1.54) is 12.1 Å². The number of nitrogens with zero attached hydrogens (tertiary/aromatic N) is 2. The lowest BCUT2D eigenvalue weighted by Crippen LogP contribution is -2.49. The van der Waals surface area contributed by atoms with Crippen LogP contribution in [0.4, 0.5) is 10.1 Å². The van der Waals surface area contributed by atoms with Crippen molar-refractivity contribution >= 4 is 11.6 Å². The van der Waals surface area contributed by atoms with Gasteiger partial charge in [-0.1, -0.05) is 44.2 Å². The van der Waals surface area contributed by atoms with Gasteiger partial charge >= 0.3 is 0 Å². The second-order valence-corrected chi connectivity index (χ2v) is 7.90. The summed E-state index contributed by atoms with van der Waals surface area (Å²) in [5.41, 5.74) is 2.19. The predicted molar refractivity (Wildman–Crippen MR) is 112 cm³/mol. The molecule has 1 aliphatic heterocycles. The number of carbonyl (C=O) groups excluding carboxylic acids is 1. The number of hydrogen-bond acceptors (Lipinski definition) is 3. The third-order valence-electron chi connectivity index (χ3n) is 5.18. The van der Waals surface area contributed by atoms with Crippen molar-refractivity contribution in [1.29, 1.82) is 0 Å². The maximum Gasteiger partial charge on any atom is 0.234 e. The second-order valence-electron chi connectivity index (χ2n) is 7.90. The number of anilines is 1. The van der Waals surface area contributed by atoms with E-state index >= 15 is 0 Å². The van der Waals surface area contributed by atoms with E-state index in [4.69, 9.17) is 0 Å². The molecule has 0 bridgehead atoms. The van der Waals surface area contributed by atoms with Crippen LogP contribution in [0.25, 0.3) is 0 Å². The van der Waals surface area contributed by atoms with Gasteiger partial charge in [0.2, 0.25) is 5.91 Å². The van der Waals surface area contributed by atoms with Crippen molar-refractivity contribution in [2.24, 2.45) is 5.92 Å². The molecule has 1 amide bonds. The van der Waals surface area contributed by atoms with Gasteiger partial charge in [-0.3, -0.25) is 9.69 Å². The molecule has 1 saturated heterocycles. The molecular weight excluding hydrogens is 353 g/mol. The SMILES string of the molecule is CC(C)C[C@H](NC(=O)CN1CCN(c2ccc(F)cc2)CC1)c1ccccc1. The van der Waals surface area contributed by atoms with Gasteiger partial charge in [-0.15, -0.1) is 0 Å². The maximum atomic E-state index is 13.1. The van der Waals surface area contributed by atoms with Crippen LogP contribution < -0.4 is 10.2 Å². The summed E-state index contributed by atoms with van der Waals surface area (Å²) in [4.78, 5) is 17.1. The Morgan fingerprint density at radius 3 is 2.25 bits per heavy atom. The molecule has 1 atom stereocenters. The number of amides is 1. The van der Waals surface area contributed by atoms with Crippen molar-refractivity contribution in [3.63, 3.8) is 0 Å². The zero-order chi connectivity index (χ0) is 19.9. The van der Waals surface area contributed by atoms with Crippen molar-refractivity contribution in [1.82, 2.24) is 10.2 Å². The number of benzene rings is 2. The van der Waals surface area contributed by atoms with E-state index in [2.05, 4.69) is 41.1 Å². The molecule has 0 aliphatic carbocycles. The van der Waals surface area contributed by atoms with Gasteiger partial charge in [-0.25, -0.2) is 4.39 Å². The van der Waals surface area contributed by atoms with E-state index in [0.29, 0.717) is 12.5 Å². The molecule has 0 unspecified atom stereocenters. The van der Waals surface area contributed by atoms with Crippen LogP contribution in [-0.4, -0.2) is 43.5 Å². The molecular formula is C23H30FN3O. The Hall–Kier alpha value is -2.40. The first-order chi connectivity index (χ1) is 13.5. The lowest BCUT2D eigenvalue weighted by atomic mass is 9.97. The highest BCUT2D eigenvalue weighted by atomic mass is 19.1. The molecule has 28 heavy (non-hydrogen) atoms. The largest absolute Gasteiger partial charge is 0.369 e. The Labute approximate surface area is 167 Å². The van der Waals surface area contributed by atoms with Gasteiger partial charge in [0.15, 0.2) is 0 Å². The molecule has 4 nitrogen and oxygen atoms in total. The summed E-state index contributed by atoms with van der Waals surface area (Å²) in [5, 5.41) is 3.23. The molecule has 2 aromatic carbocycles. The van der Waals surface area contributed by atoms with Gasteiger partial charge in [0.1, 0.15) is 5.82 Å². The standard InChI is InChI=1S/C23H30FN3O/c1-18(2)16-22(19-6-4-3-5-7-19)25-23(28)17-26-12-14-27(15-13-26)21-10-8-20(24)9-11-21/h3-11,18,22H,12-17H2,1-2H3,(H,25,28)/t22-/m0/s1. The number of carbonyl (C=O) groups is 1. The fourth-order valence-electron chi connectivity index (χ4n) is 3.69. The first-order valence-corrected chi connectivity index (χ1v) is 10.1. The minimum Gasteiger partial charge on any atom is -0.369 e. The maximum absolute atomic E-state index is 13.1. The van der Waals surface area contributed by atoms with Gasteiger partial charge in [-0.2, -0.15) is 0 Å². The van der Waals surface area contributed by atoms with Crippen LogP contribution in [0.15, 0.2) is 54.6 Å². The lowest BCUT2D eigenvalue weighted by Gasteiger charge is -2.36. The van der Waals surface area contributed by atoms with E-state index in [1.807, 2.05) is 30.3 Å². The topological polar surface area (TPSA) is 35.6 Å². The summed E-state index contributed by atoms with van der Waals surface area (Å²) in [6.07, 6.45) is 0.925. The first-order valence-electron chi connectivity index (χ1n) is 10.1. The van der Waals surface area contributed by atoms with Crippen molar-refractivity contribution in [2.75, 3.05) is 37.6 Å². The normalized spacial score (nSPS) is 16.2. The van der Waals surface area contributed by atoms with Gasteiger partial charge in [-0.05, 0) is 42.2 Å². The number of rotatable bonds is 7.